The van der Waals surface area contributed by atoms with Gasteiger partial charge in [-0.3, -0.25) is 4.90 Å². The fraction of sp³-hybridized carbons (Fsp3) is 0.364. The predicted octanol–water partition coefficient (Wildman–Crippen LogP) is 3.36. The molecule has 164 valence electrons. The Labute approximate surface area is 180 Å². The minimum absolute atomic E-state index is 0. The van der Waals surface area contributed by atoms with E-state index in [2.05, 4.69) is 44.3 Å². The molecule has 0 atom stereocenters. The van der Waals surface area contributed by atoms with Crippen LogP contribution in [0.3, 0.4) is 0 Å². The van der Waals surface area contributed by atoms with Crippen LogP contribution in [-0.4, -0.2) is 65.1 Å². The van der Waals surface area contributed by atoms with Gasteiger partial charge in [-0.1, -0.05) is 0 Å². The first-order valence-corrected chi connectivity index (χ1v) is 10.4. The maximum atomic E-state index is 13.5. The summed E-state index contributed by atoms with van der Waals surface area (Å²) in [5, 5.41) is 7.55. The van der Waals surface area contributed by atoms with Crippen LogP contribution in [0.5, 0.6) is 0 Å². The SMILES string of the molecule is Cc1cc(Nc2ncn(-c3ccc(F)c(F)c3)n2)cc(N2CC(N3CCOCC3)C2)c1.[HH]. The average molecular weight is 428 g/mol. The van der Waals surface area contributed by atoms with Crippen LogP contribution in [0.4, 0.5) is 26.1 Å². The number of nitrogens with zero attached hydrogens (tertiary/aromatic N) is 5. The van der Waals surface area contributed by atoms with Crippen molar-refractivity contribution in [3.8, 4) is 5.69 Å². The summed E-state index contributed by atoms with van der Waals surface area (Å²) in [6.45, 7) is 7.72. The first-order valence-electron chi connectivity index (χ1n) is 10.4. The van der Waals surface area contributed by atoms with E-state index in [0.29, 0.717) is 17.7 Å². The van der Waals surface area contributed by atoms with Crippen molar-refractivity contribution in [3.63, 3.8) is 0 Å². The number of anilines is 3. The molecule has 2 fully saturated rings. The molecule has 2 aliphatic rings. The lowest BCUT2D eigenvalue weighted by molar-refractivity contribution is 0.0105. The van der Waals surface area contributed by atoms with Crippen LogP contribution in [-0.2, 0) is 4.74 Å². The normalized spacial score (nSPS) is 17.6. The second-order valence-corrected chi connectivity index (χ2v) is 8.00. The number of hydrogen-bond acceptors (Lipinski definition) is 6. The molecule has 1 aromatic heterocycles. The smallest absolute Gasteiger partial charge is 0.246 e. The predicted molar refractivity (Wildman–Crippen MR) is 116 cm³/mol. The minimum atomic E-state index is -0.921. The molecular formula is C22H26F2N6O. The Hall–Kier alpha value is -3.04. The van der Waals surface area contributed by atoms with Crippen LogP contribution >= 0.6 is 0 Å². The van der Waals surface area contributed by atoms with Crippen LogP contribution in [0.25, 0.3) is 5.69 Å². The number of rotatable bonds is 5. The number of hydrogen-bond donors (Lipinski definition) is 1. The molecule has 2 saturated heterocycles. The van der Waals surface area contributed by atoms with Gasteiger partial charge in [0, 0.05) is 51.1 Å². The molecule has 3 aromatic rings. The van der Waals surface area contributed by atoms with Gasteiger partial charge < -0.3 is 15.0 Å². The van der Waals surface area contributed by atoms with Gasteiger partial charge in [-0.05, 0) is 42.8 Å². The van der Waals surface area contributed by atoms with Crippen molar-refractivity contribution < 1.29 is 14.9 Å². The van der Waals surface area contributed by atoms with Crippen LogP contribution in [0.1, 0.15) is 6.99 Å². The molecule has 2 aromatic carbocycles. The van der Waals surface area contributed by atoms with E-state index in [9.17, 15) is 8.78 Å². The van der Waals surface area contributed by atoms with Gasteiger partial charge >= 0.3 is 0 Å². The van der Waals surface area contributed by atoms with Crippen molar-refractivity contribution in [2.24, 2.45) is 0 Å². The zero-order valence-electron chi connectivity index (χ0n) is 17.3. The van der Waals surface area contributed by atoms with Crippen molar-refractivity contribution >= 4 is 17.3 Å². The van der Waals surface area contributed by atoms with Crippen LogP contribution in [0, 0.1) is 18.6 Å². The van der Waals surface area contributed by atoms with Gasteiger partial charge in [-0.25, -0.2) is 13.5 Å². The van der Waals surface area contributed by atoms with Crippen LogP contribution in [0.15, 0.2) is 42.7 Å². The van der Waals surface area contributed by atoms with E-state index in [0.717, 1.165) is 68.5 Å². The lowest BCUT2D eigenvalue weighted by atomic mass is 10.0. The van der Waals surface area contributed by atoms with Gasteiger partial charge in [0.2, 0.25) is 5.95 Å². The van der Waals surface area contributed by atoms with E-state index < -0.39 is 11.6 Å². The highest BCUT2D eigenvalue weighted by Crippen LogP contribution is 2.29. The number of aromatic nitrogens is 3. The Morgan fingerprint density at radius 2 is 1.84 bits per heavy atom. The zero-order chi connectivity index (χ0) is 21.4. The van der Waals surface area contributed by atoms with Crippen LogP contribution in [0.2, 0.25) is 0 Å². The van der Waals surface area contributed by atoms with Gasteiger partial charge in [0.15, 0.2) is 11.6 Å². The largest absolute Gasteiger partial charge is 0.379 e. The molecule has 2 aliphatic heterocycles. The lowest BCUT2D eigenvalue weighted by Gasteiger charge is -2.47. The van der Waals surface area contributed by atoms with Gasteiger partial charge in [0.25, 0.3) is 0 Å². The third-order valence-corrected chi connectivity index (χ3v) is 5.77. The highest BCUT2D eigenvalue weighted by molar-refractivity contribution is 5.65. The Morgan fingerprint density at radius 1 is 1.03 bits per heavy atom. The first-order chi connectivity index (χ1) is 15.0. The van der Waals surface area contributed by atoms with E-state index >= 15 is 0 Å². The summed E-state index contributed by atoms with van der Waals surface area (Å²) >= 11 is 0. The van der Waals surface area contributed by atoms with Gasteiger partial charge in [-0.2, -0.15) is 4.98 Å². The van der Waals surface area contributed by atoms with E-state index in [-0.39, 0.29) is 1.43 Å². The third-order valence-electron chi connectivity index (χ3n) is 5.77. The van der Waals surface area contributed by atoms with E-state index in [1.165, 1.54) is 17.1 Å². The minimum Gasteiger partial charge on any atom is -0.379 e. The Morgan fingerprint density at radius 3 is 2.61 bits per heavy atom. The molecule has 0 unspecified atom stereocenters. The molecule has 0 saturated carbocycles. The second-order valence-electron chi connectivity index (χ2n) is 8.00. The fourth-order valence-electron chi connectivity index (χ4n) is 4.06. The third kappa shape index (κ3) is 4.24. The second kappa shape index (κ2) is 8.24. The summed E-state index contributed by atoms with van der Waals surface area (Å²) in [5.74, 6) is -1.43. The summed E-state index contributed by atoms with van der Waals surface area (Å²) in [6, 6.07) is 10.5. The van der Waals surface area contributed by atoms with Crippen molar-refractivity contribution in [3.05, 3.63) is 59.9 Å². The molecule has 0 bridgehead atoms. The monoisotopic (exact) mass is 428 g/mol. The molecule has 0 spiro atoms. The maximum Gasteiger partial charge on any atom is 0.246 e. The molecule has 9 heteroatoms. The molecule has 31 heavy (non-hydrogen) atoms. The molecule has 7 nitrogen and oxygen atoms in total. The fourth-order valence-corrected chi connectivity index (χ4v) is 4.06. The molecule has 0 aliphatic carbocycles. The van der Waals surface area contributed by atoms with Crippen LogP contribution < -0.4 is 10.2 Å². The lowest BCUT2D eigenvalue weighted by Crippen LogP contribution is -2.61. The number of nitrogens with one attached hydrogen (secondary N) is 1. The molecule has 5 rings (SSSR count). The molecule has 0 radical (unpaired) electrons. The van der Waals surface area contributed by atoms with Crippen molar-refractivity contribution in [2.75, 3.05) is 49.6 Å². The summed E-state index contributed by atoms with van der Waals surface area (Å²) in [7, 11) is 0. The standard InChI is InChI=1S/C22H24F2N6O.H2/c1-15-8-16(10-18(9-15)29-12-19(13-29)28-4-6-31-7-5-28)26-22-25-14-30(27-22)17-2-3-20(23)21(24)11-17;/h2-3,8-11,14,19H,4-7,12-13H2,1H3,(H,26,27);1H. The summed E-state index contributed by atoms with van der Waals surface area (Å²) in [4.78, 5) is 9.11. The van der Waals surface area contributed by atoms with Crippen molar-refractivity contribution in [1.82, 2.24) is 19.7 Å². The zero-order valence-corrected chi connectivity index (χ0v) is 17.3. The van der Waals surface area contributed by atoms with E-state index in [1.807, 2.05) is 6.07 Å². The Bertz CT molecular complexity index is 1080. The summed E-state index contributed by atoms with van der Waals surface area (Å²) < 4.78 is 33.5. The Balaban J connectivity index is 0.00000245. The van der Waals surface area contributed by atoms with E-state index in [1.54, 1.807) is 0 Å². The maximum absolute atomic E-state index is 13.5. The quantitative estimate of drug-likeness (QED) is 0.673. The Kier molecular flexibility index (Phi) is 5.29. The average Bonchev–Trinajstić information content (AvgIpc) is 3.18. The topological polar surface area (TPSA) is 58.5 Å². The number of morpholine rings is 1. The highest BCUT2D eigenvalue weighted by atomic mass is 19.2. The number of ether oxygens (including phenoxy) is 1. The summed E-state index contributed by atoms with van der Waals surface area (Å²) in [5.41, 5.74) is 3.58. The molecule has 3 heterocycles. The van der Waals surface area contributed by atoms with E-state index in [4.69, 9.17) is 4.74 Å². The number of benzene rings is 2. The molecule has 1 N–H and O–H groups in total. The van der Waals surface area contributed by atoms with Gasteiger partial charge in [0.05, 0.1) is 18.9 Å². The van der Waals surface area contributed by atoms with Gasteiger partial charge in [0.1, 0.15) is 6.33 Å². The van der Waals surface area contributed by atoms with Crippen molar-refractivity contribution in [2.45, 2.75) is 13.0 Å². The van der Waals surface area contributed by atoms with Crippen molar-refractivity contribution in [1.29, 1.82) is 0 Å². The molecular weight excluding hydrogens is 402 g/mol. The summed E-state index contributed by atoms with van der Waals surface area (Å²) in [6.07, 6.45) is 1.47. The van der Waals surface area contributed by atoms with Gasteiger partial charge in [-0.15, -0.1) is 5.10 Å². The first kappa shape index (κ1) is 19.9. The highest BCUT2D eigenvalue weighted by Gasteiger charge is 2.32. The number of halogens is 2. The number of aryl methyl sites for hydroxylation is 1. The molecule has 0 amide bonds.